The van der Waals surface area contributed by atoms with Gasteiger partial charge in [0.15, 0.2) is 0 Å². The predicted molar refractivity (Wildman–Crippen MR) is 95.8 cm³/mol. The van der Waals surface area contributed by atoms with E-state index in [2.05, 4.69) is 33.8 Å². The van der Waals surface area contributed by atoms with Crippen molar-refractivity contribution in [2.75, 3.05) is 0 Å². The first kappa shape index (κ1) is 17.1. The van der Waals surface area contributed by atoms with E-state index in [1.165, 1.54) is 0 Å². The van der Waals surface area contributed by atoms with Crippen LogP contribution in [0.15, 0.2) is 53.0 Å². The molecule has 0 amide bonds. The Morgan fingerprint density at radius 3 is 2.52 bits per heavy atom. The molecule has 0 N–H and O–H groups in total. The van der Waals surface area contributed by atoms with Crippen molar-refractivity contribution in [3.8, 4) is 23.7 Å². The van der Waals surface area contributed by atoms with E-state index in [0.717, 1.165) is 21.3 Å². The van der Waals surface area contributed by atoms with Gasteiger partial charge in [0.2, 0.25) is 0 Å². The zero-order valence-corrected chi connectivity index (χ0v) is 14.9. The summed E-state index contributed by atoms with van der Waals surface area (Å²) in [6, 6.07) is 18.0. The lowest BCUT2D eigenvalue weighted by atomic mass is 9.92. The highest BCUT2D eigenvalue weighted by Gasteiger charge is 2.14. The fraction of sp³-hybridized carbons (Fsp3) is 0.250. The van der Waals surface area contributed by atoms with Crippen molar-refractivity contribution in [3.63, 3.8) is 0 Å². The van der Waals surface area contributed by atoms with Gasteiger partial charge in [-0.3, -0.25) is 0 Å². The molecule has 0 aromatic heterocycles. The summed E-state index contributed by atoms with van der Waals surface area (Å²) in [6.07, 6.45) is 0.517. The van der Waals surface area contributed by atoms with Gasteiger partial charge in [-0.1, -0.05) is 48.2 Å². The number of nitrogens with zero attached hydrogens (tertiary/aromatic N) is 1. The summed E-state index contributed by atoms with van der Waals surface area (Å²) in [5, 5.41) is 9.06. The Labute approximate surface area is 146 Å². The zero-order valence-electron chi connectivity index (χ0n) is 13.3. The van der Waals surface area contributed by atoms with Crippen LogP contribution < -0.4 is 4.74 Å². The topological polar surface area (TPSA) is 33.0 Å². The van der Waals surface area contributed by atoms with E-state index in [1.807, 2.05) is 62.4 Å². The first-order valence-electron chi connectivity index (χ1n) is 7.37. The molecule has 0 bridgehead atoms. The molecule has 23 heavy (non-hydrogen) atoms. The number of nitriles is 1. The summed E-state index contributed by atoms with van der Waals surface area (Å²) in [4.78, 5) is 0. The molecule has 0 unspecified atom stereocenters. The van der Waals surface area contributed by atoms with Gasteiger partial charge in [0.1, 0.15) is 12.4 Å². The van der Waals surface area contributed by atoms with Crippen LogP contribution in [0, 0.1) is 28.6 Å². The molecule has 0 aliphatic carbocycles. The quantitative estimate of drug-likeness (QED) is 0.685. The van der Waals surface area contributed by atoms with Gasteiger partial charge < -0.3 is 4.74 Å². The molecule has 3 heteroatoms. The minimum atomic E-state index is -0.445. The number of ether oxygens (including phenoxy) is 1. The molecule has 2 rings (SSSR count). The van der Waals surface area contributed by atoms with Crippen LogP contribution in [0.1, 0.15) is 31.4 Å². The van der Waals surface area contributed by atoms with E-state index in [4.69, 9.17) is 10.00 Å². The maximum absolute atomic E-state index is 9.06. The van der Waals surface area contributed by atoms with Crippen LogP contribution in [0.2, 0.25) is 0 Å². The standard InChI is InChI=1S/C20H18BrNO/c1-20(2,15-22)13-7-10-17-18(21)11-6-12-19(17)23-14-16-8-4-3-5-9-16/h3-6,8-9,11-12H,13-14H2,1-2H3. The van der Waals surface area contributed by atoms with Gasteiger partial charge >= 0.3 is 0 Å². The highest BCUT2D eigenvalue weighted by atomic mass is 79.9. The van der Waals surface area contributed by atoms with Gasteiger partial charge in [-0.15, -0.1) is 0 Å². The second-order valence-corrected chi connectivity index (χ2v) is 6.72. The van der Waals surface area contributed by atoms with Gasteiger partial charge in [-0.2, -0.15) is 5.26 Å². The molecular formula is C20H18BrNO. The smallest absolute Gasteiger partial charge is 0.136 e. The van der Waals surface area contributed by atoms with E-state index in [0.29, 0.717) is 13.0 Å². The number of rotatable bonds is 4. The molecule has 0 radical (unpaired) electrons. The zero-order chi connectivity index (χ0) is 16.7. The van der Waals surface area contributed by atoms with Crippen molar-refractivity contribution in [1.29, 1.82) is 5.26 Å². The molecule has 0 heterocycles. The van der Waals surface area contributed by atoms with Crippen molar-refractivity contribution >= 4 is 15.9 Å². The van der Waals surface area contributed by atoms with Crippen LogP contribution in [-0.4, -0.2) is 0 Å². The van der Waals surface area contributed by atoms with E-state index < -0.39 is 5.41 Å². The summed E-state index contributed by atoms with van der Waals surface area (Å²) in [7, 11) is 0. The van der Waals surface area contributed by atoms with Crippen LogP contribution in [-0.2, 0) is 6.61 Å². The molecule has 2 aromatic carbocycles. The second-order valence-electron chi connectivity index (χ2n) is 5.86. The van der Waals surface area contributed by atoms with Crippen molar-refractivity contribution in [2.24, 2.45) is 5.41 Å². The average Bonchev–Trinajstić information content (AvgIpc) is 2.56. The average molecular weight is 368 g/mol. The van der Waals surface area contributed by atoms with Gasteiger partial charge in [0.25, 0.3) is 0 Å². The Morgan fingerprint density at radius 1 is 1.09 bits per heavy atom. The maximum atomic E-state index is 9.06. The predicted octanol–water partition coefficient (Wildman–Crippen LogP) is 5.32. The molecule has 0 aliphatic rings. The van der Waals surface area contributed by atoms with Crippen LogP contribution in [0.5, 0.6) is 5.75 Å². The molecule has 2 nitrogen and oxygen atoms in total. The van der Waals surface area contributed by atoms with Gasteiger partial charge in [0.05, 0.1) is 17.0 Å². The lowest BCUT2D eigenvalue weighted by Crippen LogP contribution is -2.05. The third-order valence-electron chi connectivity index (χ3n) is 3.26. The van der Waals surface area contributed by atoms with E-state index in [-0.39, 0.29) is 0 Å². The Balaban J connectivity index is 2.17. The number of halogens is 1. The largest absolute Gasteiger partial charge is 0.488 e. The summed E-state index contributed by atoms with van der Waals surface area (Å²) >= 11 is 3.52. The fourth-order valence-electron chi connectivity index (χ4n) is 1.87. The first-order chi connectivity index (χ1) is 11.0. The number of hydrogen-bond acceptors (Lipinski definition) is 2. The lowest BCUT2D eigenvalue weighted by Gasteiger charge is -2.11. The number of hydrogen-bond donors (Lipinski definition) is 0. The molecule has 0 saturated heterocycles. The van der Waals surface area contributed by atoms with Crippen molar-refractivity contribution in [1.82, 2.24) is 0 Å². The Hall–Kier alpha value is -2.23. The normalized spacial score (nSPS) is 10.3. The molecule has 0 aliphatic heterocycles. The third-order valence-corrected chi connectivity index (χ3v) is 3.92. The Morgan fingerprint density at radius 2 is 1.83 bits per heavy atom. The van der Waals surface area contributed by atoms with Crippen LogP contribution in [0.4, 0.5) is 0 Å². The van der Waals surface area contributed by atoms with Gasteiger partial charge in [-0.25, -0.2) is 0 Å². The summed E-state index contributed by atoms with van der Waals surface area (Å²) in [5.74, 6) is 6.97. The number of benzene rings is 2. The third kappa shape index (κ3) is 5.16. The molecule has 0 fully saturated rings. The second kappa shape index (κ2) is 7.86. The van der Waals surface area contributed by atoms with Crippen LogP contribution in [0.25, 0.3) is 0 Å². The summed E-state index contributed by atoms with van der Waals surface area (Å²) in [5.41, 5.74) is 1.48. The van der Waals surface area contributed by atoms with Crippen molar-refractivity contribution in [2.45, 2.75) is 26.9 Å². The summed E-state index contributed by atoms with van der Waals surface area (Å²) in [6.45, 7) is 4.26. The Kier molecular flexibility index (Phi) is 5.85. The molecular weight excluding hydrogens is 350 g/mol. The molecule has 0 saturated carbocycles. The van der Waals surface area contributed by atoms with Crippen LogP contribution in [0.3, 0.4) is 0 Å². The first-order valence-corrected chi connectivity index (χ1v) is 8.16. The molecule has 0 spiro atoms. The Bertz CT molecular complexity index is 764. The highest BCUT2D eigenvalue weighted by molar-refractivity contribution is 9.10. The molecule has 116 valence electrons. The minimum Gasteiger partial charge on any atom is -0.488 e. The van der Waals surface area contributed by atoms with Gasteiger partial charge in [-0.05, 0) is 47.5 Å². The summed E-state index contributed by atoms with van der Waals surface area (Å²) < 4.78 is 6.81. The SMILES string of the molecule is CC(C)(C#N)CC#Cc1c(Br)cccc1OCc1ccccc1. The van der Waals surface area contributed by atoms with E-state index in [1.54, 1.807) is 0 Å². The molecule has 0 atom stereocenters. The van der Waals surface area contributed by atoms with E-state index >= 15 is 0 Å². The highest BCUT2D eigenvalue weighted by Crippen LogP contribution is 2.27. The fourth-order valence-corrected chi connectivity index (χ4v) is 2.32. The minimum absolute atomic E-state index is 0.445. The lowest BCUT2D eigenvalue weighted by molar-refractivity contribution is 0.305. The van der Waals surface area contributed by atoms with E-state index in [9.17, 15) is 0 Å². The van der Waals surface area contributed by atoms with Crippen LogP contribution >= 0.6 is 15.9 Å². The van der Waals surface area contributed by atoms with Gasteiger partial charge in [0, 0.05) is 10.9 Å². The van der Waals surface area contributed by atoms with Crippen molar-refractivity contribution < 1.29 is 4.74 Å². The monoisotopic (exact) mass is 367 g/mol. The van der Waals surface area contributed by atoms with Crippen molar-refractivity contribution in [3.05, 3.63) is 64.1 Å². The molecule has 2 aromatic rings. The maximum Gasteiger partial charge on any atom is 0.136 e.